The van der Waals surface area contributed by atoms with E-state index < -0.39 is 35.4 Å². The van der Waals surface area contributed by atoms with Crippen LogP contribution in [0.4, 0.5) is 22.0 Å². The molecule has 1 atom stereocenters. The van der Waals surface area contributed by atoms with E-state index in [9.17, 15) is 27.1 Å². The molecule has 0 aliphatic rings. The fraction of sp³-hybridized carbons (Fsp3) is 0.455. The van der Waals surface area contributed by atoms with Crippen molar-refractivity contribution in [3.8, 4) is 0 Å². The average Bonchev–Trinajstić information content (AvgIpc) is 2.21. The molecule has 0 aliphatic carbocycles. The molecule has 102 valence electrons. The van der Waals surface area contributed by atoms with Gasteiger partial charge < -0.3 is 5.11 Å². The highest BCUT2D eigenvalue weighted by Crippen LogP contribution is 2.29. The van der Waals surface area contributed by atoms with Gasteiger partial charge in [-0.15, -0.1) is 0 Å². The van der Waals surface area contributed by atoms with Gasteiger partial charge in [0.1, 0.15) is 11.6 Å². The van der Waals surface area contributed by atoms with Crippen LogP contribution in [-0.4, -0.2) is 11.3 Å². The first-order valence-corrected chi connectivity index (χ1v) is 5.48. The van der Waals surface area contributed by atoms with Crippen LogP contribution < -0.4 is 0 Å². The third-order valence-corrected chi connectivity index (χ3v) is 2.63. The predicted octanol–water partition coefficient (Wildman–Crippen LogP) is 4.38. The van der Waals surface area contributed by atoms with E-state index in [1.54, 1.807) is 0 Å². The first kappa shape index (κ1) is 15.2. The fourth-order valence-corrected chi connectivity index (χ4v) is 1.60. The monoisotopic (exact) mass is 288 g/mol. The number of hydrogen-bond acceptors (Lipinski definition) is 1. The Kier molecular flexibility index (Phi) is 4.92. The Hall–Kier alpha value is -0.880. The Morgan fingerprint density at radius 2 is 1.78 bits per heavy atom. The lowest BCUT2D eigenvalue weighted by atomic mass is 10.0. The number of aliphatic hydroxyl groups excluding tert-OH is 1. The van der Waals surface area contributed by atoms with E-state index in [4.69, 9.17) is 11.6 Å². The Labute approximate surface area is 105 Å². The molecule has 0 fully saturated rings. The standard InChI is InChI=1S/C11H10ClF5O/c12-7-5-8(13)6(4-9(7)14)10(18)2-1-3-11(15,16)17/h4-5,10,18H,1-3H2. The lowest BCUT2D eigenvalue weighted by molar-refractivity contribution is -0.136. The fourth-order valence-electron chi connectivity index (χ4n) is 1.44. The molecule has 0 bridgehead atoms. The van der Waals surface area contributed by atoms with E-state index in [0.29, 0.717) is 12.1 Å². The van der Waals surface area contributed by atoms with Gasteiger partial charge in [0, 0.05) is 12.0 Å². The summed E-state index contributed by atoms with van der Waals surface area (Å²) in [5, 5.41) is 9.05. The molecule has 1 unspecified atom stereocenters. The third-order valence-electron chi connectivity index (χ3n) is 2.34. The van der Waals surface area contributed by atoms with Gasteiger partial charge >= 0.3 is 6.18 Å². The van der Waals surface area contributed by atoms with Crippen LogP contribution in [0.3, 0.4) is 0 Å². The molecule has 0 aliphatic heterocycles. The number of halogens is 6. The predicted molar refractivity (Wildman–Crippen MR) is 56.2 cm³/mol. The van der Waals surface area contributed by atoms with Crippen LogP contribution in [0.2, 0.25) is 5.02 Å². The van der Waals surface area contributed by atoms with Gasteiger partial charge in [-0.2, -0.15) is 13.2 Å². The normalized spacial score (nSPS) is 13.7. The summed E-state index contributed by atoms with van der Waals surface area (Å²) in [6, 6.07) is 1.37. The maximum atomic E-state index is 13.3. The number of hydrogen-bond donors (Lipinski definition) is 1. The first-order chi connectivity index (χ1) is 8.20. The summed E-state index contributed by atoms with van der Waals surface area (Å²) in [7, 11) is 0. The van der Waals surface area contributed by atoms with E-state index in [1.807, 2.05) is 0 Å². The Bertz CT molecular complexity index is 419. The highest BCUT2D eigenvalue weighted by molar-refractivity contribution is 6.30. The summed E-state index contributed by atoms with van der Waals surface area (Å²) in [4.78, 5) is 0. The van der Waals surface area contributed by atoms with Crippen LogP contribution >= 0.6 is 11.6 Å². The summed E-state index contributed by atoms with van der Waals surface area (Å²) in [6.45, 7) is 0. The average molecular weight is 289 g/mol. The minimum absolute atomic E-state index is 0.308. The molecule has 0 heterocycles. The van der Waals surface area contributed by atoms with Gasteiger partial charge in [0.05, 0.1) is 11.1 Å². The Morgan fingerprint density at radius 1 is 1.17 bits per heavy atom. The topological polar surface area (TPSA) is 20.2 Å². The summed E-state index contributed by atoms with van der Waals surface area (Å²) in [5.41, 5.74) is -0.390. The molecule has 1 nitrogen and oxygen atoms in total. The van der Waals surface area contributed by atoms with Crippen molar-refractivity contribution >= 4 is 11.6 Å². The number of alkyl halides is 3. The van der Waals surface area contributed by atoms with Gasteiger partial charge in [-0.05, 0) is 25.0 Å². The number of benzene rings is 1. The minimum Gasteiger partial charge on any atom is -0.388 e. The van der Waals surface area contributed by atoms with Crippen LogP contribution in [0.15, 0.2) is 12.1 Å². The molecule has 0 amide bonds. The van der Waals surface area contributed by atoms with Crippen molar-refractivity contribution in [1.29, 1.82) is 0 Å². The van der Waals surface area contributed by atoms with Crippen molar-refractivity contribution in [3.63, 3.8) is 0 Å². The van der Waals surface area contributed by atoms with Gasteiger partial charge in [-0.3, -0.25) is 0 Å². The molecule has 1 aromatic rings. The zero-order valence-electron chi connectivity index (χ0n) is 9.07. The van der Waals surface area contributed by atoms with E-state index in [-0.39, 0.29) is 18.4 Å². The van der Waals surface area contributed by atoms with Crippen molar-refractivity contribution in [2.75, 3.05) is 0 Å². The zero-order chi connectivity index (χ0) is 13.9. The molecule has 1 N–H and O–H groups in total. The summed E-state index contributed by atoms with van der Waals surface area (Å²) in [5.74, 6) is -1.87. The molecule has 0 saturated heterocycles. The quantitative estimate of drug-likeness (QED) is 0.644. The highest BCUT2D eigenvalue weighted by Gasteiger charge is 2.27. The van der Waals surface area contributed by atoms with Crippen molar-refractivity contribution in [2.24, 2.45) is 0 Å². The van der Waals surface area contributed by atoms with Gasteiger partial charge in [0.2, 0.25) is 0 Å². The zero-order valence-corrected chi connectivity index (χ0v) is 9.82. The van der Waals surface area contributed by atoms with Crippen LogP contribution in [-0.2, 0) is 0 Å². The summed E-state index contributed by atoms with van der Waals surface area (Å²) < 4.78 is 62.0. The van der Waals surface area contributed by atoms with E-state index >= 15 is 0 Å². The number of aliphatic hydroxyl groups is 1. The van der Waals surface area contributed by atoms with Crippen molar-refractivity contribution in [1.82, 2.24) is 0 Å². The molecule has 7 heteroatoms. The van der Waals surface area contributed by atoms with Gasteiger partial charge in [-0.1, -0.05) is 11.6 Å². The SMILES string of the molecule is OC(CCCC(F)(F)F)c1cc(F)c(Cl)cc1F. The molecular formula is C11H10ClF5O. The largest absolute Gasteiger partial charge is 0.389 e. The molecule has 0 aromatic heterocycles. The van der Waals surface area contributed by atoms with Crippen molar-refractivity contribution in [3.05, 3.63) is 34.4 Å². The molecule has 1 rings (SSSR count). The number of rotatable bonds is 4. The van der Waals surface area contributed by atoms with Gasteiger partial charge in [-0.25, -0.2) is 8.78 Å². The van der Waals surface area contributed by atoms with Gasteiger partial charge in [0.25, 0.3) is 0 Å². The maximum absolute atomic E-state index is 13.3. The lowest BCUT2D eigenvalue weighted by Gasteiger charge is -2.13. The van der Waals surface area contributed by atoms with E-state index in [2.05, 4.69) is 0 Å². The minimum atomic E-state index is -4.33. The van der Waals surface area contributed by atoms with Crippen LogP contribution in [0.1, 0.15) is 30.9 Å². The smallest absolute Gasteiger partial charge is 0.388 e. The molecule has 0 radical (unpaired) electrons. The maximum Gasteiger partial charge on any atom is 0.389 e. The van der Waals surface area contributed by atoms with E-state index in [1.165, 1.54) is 0 Å². The Balaban J connectivity index is 2.67. The Morgan fingerprint density at radius 3 is 2.33 bits per heavy atom. The summed E-state index contributed by atoms with van der Waals surface area (Å²) >= 11 is 5.31. The highest BCUT2D eigenvalue weighted by atomic mass is 35.5. The van der Waals surface area contributed by atoms with Crippen molar-refractivity contribution < 1.29 is 27.1 Å². The second kappa shape index (κ2) is 5.84. The second-order valence-corrected chi connectivity index (χ2v) is 4.22. The van der Waals surface area contributed by atoms with E-state index in [0.717, 1.165) is 0 Å². The van der Waals surface area contributed by atoms with Crippen molar-refractivity contribution in [2.45, 2.75) is 31.5 Å². The lowest BCUT2D eigenvalue weighted by Crippen LogP contribution is -2.09. The van der Waals surface area contributed by atoms with Crippen LogP contribution in [0, 0.1) is 11.6 Å². The molecule has 1 aromatic carbocycles. The van der Waals surface area contributed by atoms with Gasteiger partial charge in [0.15, 0.2) is 0 Å². The third kappa shape index (κ3) is 4.42. The molecular weight excluding hydrogens is 279 g/mol. The van der Waals surface area contributed by atoms with Crippen LogP contribution in [0.25, 0.3) is 0 Å². The molecule has 0 spiro atoms. The first-order valence-electron chi connectivity index (χ1n) is 5.10. The second-order valence-electron chi connectivity index (χ2n) is 3.81. The molecule has 18 heavy (non-hydrogen) atoms. The van der Waals surface area contributed by atoms with Crippen LogP contribution in [0.5, 0.6) is 0 Å². The summed E-state index contributed by atoms with van der Waals surface area (Å²) in [6.07, 6.45) is -7.57. The molecule has 0 saturated carbocycles.